The summed E-state index contributed by atoms with van der Waals surface area (Å²) >= 11 is 0. The van der Waals surface area contributed by atoms with Crippen molar-refractivity contribution in [2.24, 2.45) is 5.73 Å². The van der Waals surface area contributed by atoms with Crippen molar-refractivity contribution in [1.82, 2.24) is 0 Å². The highest BCUT2D eigenvalue weighted by Gasteiger charge is 2.19. The van der Waals surface area contributed by atoms with Gasteiger partial charge in [-0.3, -0.25) is 0 Å². The number of ether oxygens (including phenoxy) is 1. The van der Waals surface area contributed by atoms with Crippen LogP contribution in [0.25, 0.3) is 0 Å². The summed E-state index contributed by atoms with van der Waals surface area (Å²) in [5.74, 6) is 0.347. The summed E-state index contributed by atoms with van der Waals surface area (Å²) in [5.41, 5.74) is 6.30. The summed E-state index contributed by atoms with van der Waals surface area (Å²) in [6.45, 7) is 1.78. The van der Waals surface area contributed by atoms with E-state index in [2.05, 4.69) is 0 Å². The van der Waals surface area contributed by atoms with Crippen molar-refractivity contribution in [1.29, 1.82) is 0 Å². The molecule has 2 N–H and O–H groups in total. The Morgan fingerprint density at radius 3 is 2.65 bits per heavy atom. The third-order valence-electron chi connectivity index (χ3n) is 3.31. The minimum absolute atomic E-state index is 0.225. The van der Waals surface area contributed by atoms with Crippen molar-refractivity contribution in [2.75, 3.05) is 0 Å². The molecule has 0 radical (unpaired) electrons. The fourth-order valence-electron chi connectivity index (χ4n) is 2.42. The van der Waals surface area contributed by atoms with Crippen molar-refractivity contribution in [3.63, 3.8) is 0 Å². The quantitative estimate of drug-likeness (QED) is 0.872. The van der Waals surface area contributed by atoms with Crippen molar-refractivity contribution in [2.45, 2.75) is 51.2 Å². The van der Waals surface area contributed by atoms with E-state index in [0.717, 1.165) is 12.8 Å². The lowest BCUT2D eigenvalue weighted by atomic mass is 9.97. The first-order chi connectivity index (χ1) is 8.18. The normalized spacial score (nSPS) is 19.0. The molecule has 94 valence electrons. The van der Waals surface area contributed by atoms with E-state index in [1.807, 2.05) is 6.07 Å². The molecule has 2 rings (SSSR count). The van der Waals surface area contributed by atoms with E-state index in [1.54, 1.807) is 13.0 Å². The minimum atomic E-state index is -0.338. The monoisotopic (exact) mass is 237 g/mol. The lowest BCUT2D eigenvalue weighted by Crippen LogP contribution is -2.21. The zero-order chi connectivity index (χ0) is 12.3. The van der Waals surface area contributed by atoms with E-state index >= 15 is 0 Å². The van der Waals surface area contributed by atoms with Crippen molar-refractivity contribution in [3.8, 4) is 5.75 Å². The SMILES string of the molecule is C[C@H](N)c1c(F)cccc1OC1CCCCC1. The summed E-state index contributed by atoms with van der Waals surface area (Å²) in [6.07, 6.45) is 6.04. The number of hydrogen-bond donors (Lipinski definition) is 1. The number of rotatable bonds is 3. The molecule has 1 aromatic rings. The summed E-state index contributed by atoms with van der Waals surface area (Å²) in [4.78, 5) is 0. The Labute approximate surface area is 102 Å². The lowest BCUT2D eigenvalue weighted by molar-refractivity contribution is 0.152. The molecule has 0 aliphatic heterocycles. The molecule has 17 heavy (non-hydrogen) atoms. The Balaban J connectivity index is 2.16. The summed E-state index contributed by atoms with van der Waals surface area (Å²) in [7, 11) is 0. The maximum absolute atomic E-state index is 13.7. The lowest BCUT2D eigenvalue weighted by Gasteiger charge is -2.25. The average molecular weight is 237 g/mol. The molecule has 1 aliphatic carbocycles. The van der Waals surface area contributed by atoms with E-state index in [1.165, 1.54) is 25.3 Å². The maximum atomic E-state index is 13.7. The van der Waals surface area contributed by atoms with Gasteiger partial charge < -0.3 is 10.5 Å². The van der Waals surface area contributed by atoms with Gasteiger partial charge in [0.1, 0.15) is 11.6 Å². The van der Waals surface area contributed by atoms with E-state index in [4.69, 9.17) is 10.5 Å². The highest BCUT2D eigenvalue weighted by atomic mass is 19.1. The third kappa shape index (κ3) is 2.97. The fraction of sp³-hybridized carbons (Fsp3) is 0.571. The summed E-state index contributed by atoms with van der Waals surface area (Å²) < 4.78 is 19.6. The molecule has 1 aromatic carbocycles. The van der Waals surface area contributed by atoms with E-state index in [0.29, 0.717) is 11.3 Å². The number of benzene rings is 1. The van der Waals surface area contributed by atoms with Crippen molar-refractivity contribution in [3.05, 3.63) is 29.6 Å². The van der Waals surface area contributed by atoms with Crippen LogP contribution in [0.1, 0.15) is 50.6 Å². The second-order valence-electron chi connectivity index (χ2n) is 4.82. The summed E-state index contributed by atoms with van der Waals surface area (Å²) in [5, 5.41) is 0. The largest absolute Gasteiger partial charge is 0.490 e. The van der Waals surface area contributed by atoms with Crippen molar-refractivity contribution >= 4 is 0 Å². The smallest absolute Gasteiger partial charge is 0.131 e. The Morgan fingerprint density at radius 1 is 1.29 bits per heavy atom. The molecule has 0 spiro atoms. The standard InChI is InChI=1S/C14H20FNO/c1-10(16)14-12(15)8-5-9-13(14)17-11-6-3-2-4-7-11/h5,8-11H,2-4,6-7,16H2,1H3/t10-/m0/s1. The predicted molar refractivity (Wildman–Crippen MR) is 66.5 cm³/mol. The molecule has 1 fully saturated rings. The Bertz CT molecular complexity index is 372. The first-order valence-corrected chi connectivity index (χ1v) is 6.39. The predicted octanol–water partition coefficient (Wildman–Crippen LogP) is 3.56. The van der Waals surface area contributed by atoms with Crippen LogP contribution in [0, 0.1) is 5.82 Å². The molecule has 3 heteroatoms. The van der Waals surface area contributed by atoms with Gasteiger partial charge in [0.25, 0.3) is 0 Å². The molecule has 0 unspecified atom stereocenters. The second-order valence-corrected chi connectivity index (χ2v) is 4.82. The van der Waals surface area contributed by atoms with Gasteiger partial charge in [-0.15, -0.1) is 0 Å². The molecular formula is C14H20FNO. The van der Waals surface area contributed by atoms with Gasteiger partial charge >= 0.3 is 0 Å². The Morgan fingerprint density at radius 2 is 2.00 bits per heavy atom. The molecule has 1 atom stereocenters. The zero-order valence-electron chi connectivity index (χ0n) is 10.3. The van der Waals surface area contributed by atoms with Gasteiger partial charge in [0.15, 0.2) is 0 Å². The van der Waals surface area contributed by atoms with Crippen LogP contribution in [0.2, 0.25) is 0 Å². The molecule has 0 amide bonds. The highest BCUT2D eigenvalue weighted by molar-refractivity contribution is 5.37. The van der Waals surface area contributed by atoms with Crippen LogP contribution >= 0.6 is 0 Å². The Hall–Kier alpha value is -1.09. The van der Waals surface area contributed by atoms with Gasteiger partial charge in [-0.25, -0.2) is 4.39 Å². The number of nitrogens with two attached hydrogens (primary N) is 1. The van der Waals surface area contributed by atoms with Crippen LogP contribution in [-0.2, 0) is 0 Å². The average Bonchev–Trinajstić information content (AvgIpc) is 2.30. The molecule has 0 heterocycles. The van der Waals surface area contributed by atoms with Crippen LogP contribution in [0.4, 0.5) is 4.39 Å². The molecule has 1 saturated carbocycles. The molecular weight excluding hydrogens is 217 g/mol. The van der Waals surface area contributed by atoms with E-state index in [9.17, 15) is 4.39 Å². The highest BCUT2D eigenvalue weighted by Crippen LogP contribution is 2.30. The third-order valence-corrected chi connectivity index (χ3v) is 3.31. The van der Waals surface area contributed by atoms with Crippen LogP contribution < -0.4 is 10.5 Å². The van der Waals surface area contributed by atoms with Crippen LogP contribution in [0.5, 0.6) is 5.75 Å². The first-order valence-electron chi connectivity index (χ1n) is 6.39. The van der Waals surface area contributed by atoms with Crippen LogP contribution in [0.3, 0.4) is 0 Å². The number of halogens is 1. The second kappa shape index (κ2) is 5.50. The van der Waals surface area contributed by atoms with Crippen LogP contribution in [0.15, 0.2) is 18.2 Å². The molecule has 0 bridgehead atoms. The molecule has 0 aromatic heterocycles. The Kier molecular flexibility index (Phi) is 4.00. The maximum Gasteiger partial charge on any atom is 0.131 e. The van der Waals surface area contributed by atoms with Gasteiger partial charge in [0.05, 0.1) is 6.10 Å². The van der Waals surface area contributed by atoms with Gasteiger partial charge in [-0.1, -0.05) is 12.5 Å². The summed E-state index contributed by atoms with van der Waals surface area (Å²) in [6, 6.07) is 4.59. The molecule has 0 saturated heterocycles. The van der Waals surface area contributed by atoms with E-state index < -0.39 is 0 Å². The minimum Gasteiger partial charge on any atom is -0.490 e. The van der Waals surface area contributed by atoms with Gasteiger partial charge in [-0.05, 0) is 44.7 Å². The van der Waals surface area contributed by atoms with Crippen molar-refractivity contribution < 1.29 is 9.13 Å². The first kappa shape index (κ1) is 12.4. The van der Waals surface area contributed by atoms with E-state index in [-0.39, 0.29) is 18.0 Å². The van der Waals surface area contributed by atoms with Gasteiger partial charge in [0.2, 0.25) is 0 Å². The molecule has 1 aliphatic rings. The molecule has 2 nitrogen and oxygen atoms in total. The van der Waals surface area contributed by atoms with Gasteiger partial charge in [0, 0.05) is 11.6 Å². The number of hydrogen-bond acceptors (Lipinski definition) is 2. The zero-order valence-corrected chi connectivity index (χ0v) is 10.3. The van der Waals surface area contributed by atoms with Crippen LogP contribution in [-0.4, -0.2) is 6.10 Å². The fourth-order valence-corrected chi connectivity index (χ4v) is 2.42. The topological polar surface area (TPSA) is 35.2 Å². The van der Waals surface area contributed by atoms with Gasteiger partial charge in [-0.2, -0.15) is 0 Å².